The molecular formula is C48H65ClN2O7. The van der Waals surface area contributed by atoms with Gasteiger partial charge in [-0.2, -0.15) is 0 Å². The lowest BCUT2D eigenvalue weighted by molar-refractivity contribution is -0.235. The zero-order valence-corrected chi connectivity index (χ0v) is 36.9. The predicted octanol–water partition coefficient (Wildman–Crippen LogP) is 9.11. The van der Waals surface area contributed by atoms with E-state index in [9.17, 15) is 29.1 Å². The van der Waals surface area contributed by atoms with Crippen molar-refractivity contribution in [3.8, 4) is 0 Å². The van der Waals surface area contributed by atoms with Crippen LogP contribution >= 0.6 is 11.6 Å². The van der Waals surface area contributed by atoms with Gasteiger partial charge in [0.2, 0.25) is 5.91 Å². The fourth-order valence-corrected chi connectivity index (χ4v) is 14.8. The monoisotopic (exact) mass is 816 g/mol. The topological polar surface area (TPSA) is 139 Å². The molecule has 3 N–H and O–H groups in total. The molecule has 6 saturated carbocycles. The van der Waals surface area contributed by atoms with Gasteiger partial charge >= 0.3 is 11.9 Å². The van der Waals surface area contributed by atoms with Gasteiger partial charge in [-0.15, -0.1) is 0 Å². The molecule has 0 heterocycles. The van der Waals surface area contributed by atoms with E-state index in [1.807, 2.05) is 13.8 Å². The van der Waals surface area contributed by atoms with Crippen molar-refractivity contribution in [2.75, 3.05) is 0 Å². The fourth-order valence-electron chi connectivity index (χ4n) is 14.7. The van der Waals surface area contributed by atoms with E-state index in [2.05, 4.69) is 59.1 Å². The number of Topliss-reactive ketones (excluding diaryl/α,β-unsaturated/α-hetero) is 1. The molecule has 0 spiro atoms. The van der Waals surface area contributed by atoms with Gasteiger partial charge in [0.25, 0.3) is 5.91 Å². The summed E-state index contributed by atoms with van der Waals surface area (Å²) in [7, 11) is 0. The molecule has 1 aromatic rings. The predicted molar refractivity (Wildman–Crippen MR) is 222 cm³/mol. The van der Waals surface area contributed by atoms with Crippen LogP contribution in [0.5, 0.6) is 0 Å². The molecule has 8 rings (SSSR count). The van der Waals surface area contributed by atoms with E-state index >= 15 is 0 Å². The van der Waals surface area contributed by atoms with Gasteiger partial charge in [0, 0.05) is 22.4 Å². The summed E-state index contributed by atoms with van der Waals surface area (Å²) in [5.74, 6) is -1.40. The summed E-state index contributed by atoms with van der Waals surface area (Å²) in [6.45, 7) is 20.1. The highest BCUT2D eigenvalue weighted by atomic mass is 35.5. The lowest BCUT2D eigenvalue weighted by Gasteiger charge is -2.72. The standard InChI is InChI=1S/C48H65ClN2O7/c1-26(2)36-32(52)25-48(51-41(57)47(22-23-47)50-38(53)27-10-12-28(49)13-11-27)21-20-45(8)29(37(36)48)14-15-34-44(7)18-17-35(43(5,6)33(44)16-19-46(34,45)9)58-40(56)31-24-30(39(54)55)42(31,3)4/h10-13,26,29-31,33-35H,14-25H2,1-9H3,(H,50,53)(H,51,57)(H,54,55)/t29-,30-,31+,33+,34-,35+,44+,45-,46-,48-/m1/s1. The summed E-state index contributed by atoms with van der Waals surface area (Å²) in [6, 6.07) is 6.68. The number of rotatable bonds is 8. The van der Waals surface area contributed by atoms with E-state index < -0.39 is 34.3 Å². The number of carboxylic acids is 1. The number of allylic oxidation sites excluding steroid dienone is 1. The van der Waals surface area contributed by atoms with Crippen LogP contribution in [0.15, 0.2) is 35.4 Å². The Morgan fingerprint density at radius 3 is 2.05 bits per heavy atom. The first-order chi connectivity index (χ1) is 27.0. The first-order valence-electron chi connectivity index (χ1n) is 22.1. The van der Waals surface area contributed by atoms with Crippen molar-refractivity contribution >= 4 is 41.1 Å². The molecule has 316 valence electrons. The number of carbonyl (C=O) groups is 5. The summed E-state index contributed by atoms with van der Waals surface area (Å²) in [5, 5.41) is 16.8. The van der Waals surface area contributed by atoms with E-state index in [0.717, 1.165) is 50.5 Å². The lowest BCUT2D eigenvalue weighted by atomic mass is 9.33. The number of ether oxygens (including phenoxy) is 1. The average Bonchev–Trinajstić information content (AvgIpc) is 3.85. The number of esters is 1. The van der Waals surface area contributed by atoms with Gasteiger partial charge in [-0.1, -0.05) is 73.9 Å². The molecule has 0 radical (unpaired) electrons. The normalized spacial score (nSPS) is 40.2. The molecule has 0 unspecified atom stereocenters. The van der Waals surface area contributed by atoms with Crippen LogP contribution in [0.3, 0.4) is 0 Å². The van der Waals surface area contributed by atoms with Gasteiger partial charge in [-0.3, -0.25) is 24.0 Å². The minimum atomic E-state index is -0.994. The third-order valence-corrected chi connectivity index (χ3v) is 18.7. The van der Waals surface area contributed by atoms with Crippen LogP contribution < -0.4 is 10.6 Å². The molecule has 58 heavy (non-hydrogen) atoms. The van der Waals surface area contributed by atoms with Crippen molar-refractivity contribution in [3.05, 3.63) is 46.0 Å². The molecule has 0 bridgehead atoms. The Hall–Kier alpha value is -3.20. The number of fused-ring (bicyclic) bond motifs is 7. The molecule has 2 amide bonds. The molecule has 1 aromatic carbocycles. The van der Waals surface area contributed by atoms with Crippen LogP contribution in [0, 0.1) is 62.6 Å². The maximum atomic E-state index is 14.4. The summed E-state index contributed by atoms with van der Waals surface area (Å²) >= 11 is 6.07. The van der Waals surface area contributed by atoms with Crippen molar-refractivity contribution in [2.45, 2.75) is 157 Å². The third-order valence-electron chi connectivity index (χ3n) is 18.5. The second-order valence-corrected chi connectivity index (χ2v) is 22.5. The Morgan fingerprint density at radius 2 is 1.45 bits per heavy atom. The summed E-state index contributed by atoms with van der Waals surface area (Å²) < 4.78 is 6.41. The second-order valence-electron chi connectivity index (χ2n) is 22.1. The van der Waals surface area contributed by atoms with Crippen molar-refractivity contribution in [1.82, 2.24) is 10.6 Å². The number of ketones is 1. The van der Waals surface area contributed by atoms with Crippen LogP contribution in [0.25, 0.3) is 0 Å². The van der Waals surface area contributed by atoms with Gasteiger partial charge in [-0.25, -0.2) is 0 Å². The van der Waals surface area contributed by atoms with Crippen LogP contribution in [0.1, 0.15) is 150 Å². The number of hydrogen-bond donors (Lipinski definition) is 3. The molecule has 0 saturated heterocycles. The van der Waals surface area contributed by atoms with Crippen molar-refractivity contribution in [2.24, 2.45) is 62.6 Å². The number of halogens is 1. The van der Waals surface area contributed by atoms with Crippen LogP contribution in [0.4, 0.5) is 0 Å². The molecule has 0 aliphatic heterocycles. The van der Waals surface area contributed by atoms with E-state index in [0.29, 0.717) is 48.1 Å². The molecule has 7 aliphatic carbocycles. The average molecular weight is 818 g/mol. The summed E-state index contributed by atoms with van der Waals surface area (Å²) in [6.07, 6.45) is 8.90. The molecular weight excluding hydrogens is 752 g/mol. The number of hydrogen-bond acceptors (Lipinski definition) is 6. The summed E-state index contributed by atoms with van der Waals surface area (Å²) in [4.78, 5) is 67.4. The van der Waals surface area contributed by atoms with Crippen LogP contribution in [-0.2, 0) is 23.9 Å². The highest BCUT2D eigenvalue weighted by Gasteiger charge is 2.71. The molecule has 10 atom stereocenters. The SMILES string of the molecule is CC(C)C1=C2[C@H]3CC[C@@H]4[C@@]5(C)CC[C@H](OC(=O)[C@@H]6C[C@H](C(=O)O)C6(C)C)C(C)(C)[C@@H]5CC[C@@]4(C)[C@]3(C)CC[C@@]2(NC(=O)C2(NC(=O)c3ccc(Cl)cc3)CC2)CC1=O. The molecule has 7 aliphatic rings. The van der Waals surface area contributed by atoms with E-state index in [-0.39, 0.29) is 69.6 Å². The Balaban J connectivity index is 1.04. The molecule has 6 fully saturated rings. The number of benzene rings is 1. The number of aliphatic carboxylic acids is 1. The Labute approximate surface area is 349 Å². The number of carbonyl (C=O) groups excluding carboxylic acids is 4. The first kappa shape index (κ1) is 41.5. The van der Waals surface area contributed by atoms with Gasteiger partial charge in [-0.05, 0) is 151 Å². The zero-order chi connectivity index (χ0) is 42.2. The minimum absolute atomic E-state index is 0.0102. The van der Waals surface area contributed by atoms with Gasteiger partial charge < -0.3 is 20.5 Å². The van der Waals surface area contributed by atoms with Gasteiger partial charge in [0.1, 0.15) is 11.6 Å². The van der Waals surface area contributed by atoms with Gasteiger partial charge in [0.15, 0.2) is 5.78 Å². The van der Waals surface area contributed by atoms with Crippen LogP contribution in [0.2, 0.25) is 5.02 Å². The Bertz CT molecular complexity index is 1980. The first-order valence-corrected chi connectivity index (χ1v) is 22.5. The highest BCUT2D eigenvalue weighted by molar-refractivity contribution is 6.30. The van der Waals surface area contributed by atoms with Crippen molar-refractivity contribution in [1.29, 1.82) is 0 Å². The fraction of sp³-hybridized carbons (Fsp3) is 0.729. The Morgan fingerprint density at radius 1 is 0.776 bits per heavy atom. The van der Waals surface area contributed by atoms with Crippen LogP contribution in [-0.4, -0.2) is 51.8 Å². The lowest BCUT2D eigenvalue weighted by Crippen LogP contribution is -2.68. The maximum Gasteiger partial charge on any atom is 0.309 e. The molecule has 9 nitrogen and oxygen atoms in total. The number of carboxylic acid groups (broad SMARTS) is 1. The van der Waals surface area contributed by atoms with Gasteiger partial charge in [0.05, 0.1) is 17.4 Å². The Kier molecular flexibility index (Phi) is 9.59. The van der Waals surface area contributed by atoms with Crippen molar-refractivity contribution in [3.63, 3.8) is 0 Å². The van der Waals surface area contributed by atoms with E-state index in [4.69, 9.17) is 16.3 Å². The zero-order valence-electron chi connectivity index (χ0n) is 36.1. The second kappa shape index (κ2) is 13.4. The largest absolute Gasteiger partial charge is 0.481 e. The minimum Gasteiger partial charge on any atom is -0.481 e. The summed E-state index contributed by atoms with van der Waals surface area (Å²) in [5.41, 5.74) is -0.178. The van der Waals surface area contributed by atoms with Crippen molar-refractivity contribution < 1.29 is 33.8 Å². The molecule has 10 heteroatoms. The highest BCUT2D eigenvalue weighted by Crippen LogP contribution is 2.76. The number of amides is 2. The van der Waals surface area contributed by atoms with E-state index in [1.165, 1.54) is 5.57 Å². The quantitative estimate of drug-likeness (QED) is 0.223. The maximum absolute atomic E-state index is 14.4. The molecule has 0 aromatic heterocycles. The third kappa shape index (κ3) is 5.84. The van der Waals surface area contributed by atoms with E-state index in [1.54, 1.807) is 24.3 Å². The number of nitrogens with one attached hydrogen (secondary N) is 2. The smallest absolute Gasteiger partial charge is 0.309 e.